The summed E-state index contributed by atoms with van der Waals surface area (Å²) in [6.07, 6.45) is 15.6. The van der Waals surface area contributed by atoms with Crippen molar-refractivity contribution in [1.82, 2.24) is 4.57 Å². The molecule has 1 aromatic rings. The minimum Gasteiger partial charge on any atom is -0.726 e. The lowest BCUT2D eigenvalue weighted by molar-refractivity contribution is -0.671. The SMILES string of the molecule is CCCCC(CC)COS(=O)(=O)[O-].CCCCCCn1cc[n+](C)c1. The predicted molar refractivity (Wildman–Crippen MR) is 98.7 cm³/mol. The Morgan fingerprint density at radius 2 is 1.80 bits per heavy atom. The predicted octanol–water partition coefficient (Wildman–Crippen LogP) is 3.57. The summed E-state index contributed by atoms with van der Waals surface area (Å²) in [5, 5.41) is 0. The number of aryl methyl sites for hydroxylation is 2. The van der Waals surface area contributed by atoms with Crippen LogP contribution in [-0.4, -0.2) is 24.1 Å². The molecular weight excluding hydrogens is 340 g/mol. The first kappa shape index (κ1) is 24.1. The summed E-state index contributed by atoms with van der Waals surface area (Å²) < 4.78 is 39.0. The molecule has 0 saturated heterocycles. The largest absolute Gasteiger partial charge is 0.726 e. The van der Waals surface area contributed by atoms with Gasteiger partial charge in [0.15, 0.2) is 0 Å². The summed E-state index contributed by atoms with van der Waals surface area (Å²) in [6, 6.07) is 0. The third-order valence-corrected chi connectivity index (χ3v) is 4.51. The highest BCUT2D eigenvalue weighted by molar-refractivity contribution is 7.80. The van der Waals surface area contributed by atoms with Crippen molar-refractivity contribution in [2.75, 3.05) is 6.61 Å². The second-order valence-corrected chi connectivity index (χ2v) is 7.54. The third kappa shape index (κ3) is 15.1. The summed E-state index contributed by atoms with van der Waals surface area (Å²) in [4.78, 5) is 0. The summed E-state index contributed by atoms with van der Waals surface area (Å²) in [5.74, 6) is 0.184. The van der Waals surface area contributed by atoms with Crippen LogP contribution in [0.5, 0.6) is 0 Å². The topological polar surface area (TPSA) is 75.2 Å². The van der Waals surface area contributed by atoms with Crippen LogP contribution in [0.2, 0.25) is 0 Å². The number of rotatable bonds is 12. The van der Waals surface area contributed by atoms with Gasteiger partial charge in [0, 0.05) is 0 Å². The first-order chi connectivity index (χ1) is 11.8. The highest BCUT2D eigenvalue weighted by Crippen LogP contribution is 2.13. The van der Waals surface area contributed by atoms with Crippen LogP contribution < -0.4 is 4.57 Å². The molecule has 0 amide bonds. The van der Waals surface area contributed by atoms with E-state index >= 15 is 0 Å². The van der Waals surface area contributed by atoms with Gasteiger partial charge in [-0.25, -0.2) is 17.6 Å². The molecule has 7 heteroatoms. The van der Waals surface area contributed by atoms with Crippen molar-refractivity contribution in [1.29, 1.82) is 0 Å². The molecule has 1 aromatic heterocycles. The van der Waals surface area contributed by atoms with Gasteiger partial charge in [0.1, 0.15) is 12.4 Å². The quantitative estimate of drug-likeness (QED) is 0.242. The van der Waals surface area contributed by atoms with Crippen molar-refractivity contribution in [3.63, 3.8) is 0 Å². The molecule has 1 rings (SSSR count). The van der Waals surface area contributed by atoms with Crippen LogP contribution in [0.3, 0.4) is 0 Å². The zero-order valence-corrected chi connectivity index (χ0v) is 17.1. The molecule has 0 saturated carbocycles. The Morgan fingerprint density at radius 1 is 1.12 bits per heavy atom. The lowest BCUT2D eigenvalue weighted by Crippen LogP contribution is -2.23. The monoisotopic (exact) mass is 376 g/mol. The molecular formula is C18H36N2O4S. The third-order valence-electron chi connectivity index (χ3n) is 4.08. The van der Waals surface area contributed by atoms with E-state index in [1.54, 1.807) is 0 Å². The second kappa shape index (κ2) is 14.3. The Kier molecular flexibility index (Phi) is 13.7. The van der Waals surface area contributed by atoms with Crippen LogP contribution in [0.4, 0.5) is 0 Å². The fourth-order valence-electron chi connectivity index (χ4n) is 2.43. The Hall–Kier alpha value is -0.920. The van der Waals surface area contributed by atoms with E-state index in [1.807, 2.05) is 6.92 Å². The maximum Gasteiger partial charge on any atom is 0.243 e. The minimum absolute atomic E-state index is 0.0301. The van der Waals surface area contributed by atoms with Gasteiger partial charge in [-0.3, -0.25) is 4.18 Å². The molecule has 0 aliphatic carbocycles. The number of hydrogen-bond donors (Lipinski definition) is 0. The van der Waals surface area contributed by atoms with E-state index in [9.17, 15) is 13.0 Å². The standard InChI is InChI=1S/C10H19N2.C8H18O4S/c1-3-4-5-6-7-12-9-8-11(2)10-12;1-3-5-6-8(4-2)7-12-13(9,10)11/h8-10H,3-7H2,1-2H3;8H,3-7H2,1-2H3,(H,9,10,11)/q+1;/p-1. The van der Waals surface area contributed by atoms with Crippen molar-refractivity contribution in [2.45, 2.75) is 78.7 Å². The average molecular weight is 377 g/mol. The van der Waals surface area contributed by atoms with Crippen LogP contribution in [-0.2, 0) is 28.2 Å². The molecule has 0 radical (unpaired) electrons. The number of unbranched alkanes of at least 4 members (excludes halogenated alkanes) is 4. The average Bonchev–Trinajstić information content (AvgIpc) is 2.97. The van der Waals surface area contributed by atoms with Crippen molar-refractivity contribution < 1.29 is 21.7 Å². The second-order valence-electron chi connectivity index (χ2n) is 6.49. The fraction of sp³-hybridized carbons (Fsp3) is 0.833. The van der Waals surface area contributed by atoms with Gasteiger partial charge in [0.25, 0.3) is 0 Å². The summed E-state index contributed by atoms with van der Waals surface area (Å²) in [7, 11) is -2.45. The van der Waals surface area contributed by atoms with Gasteiger partial charge >= 0.3 is 0 Å². The fourth-order valence-corrected chi connectivity index (χ4v) is 2.79. The van der Waals surface area contributed by atoms with Gasteiger partial charge < -0.3 is 4.55 Å². The molecule has 0 aliphatic heterocycles. The number of imidazole rings is 1. The molecule has 0 spiro atoms. The molecule has 148 valence electrons. The van der Waals surface area contributed by atoms with Crippen LogP contribution in [0.15, 0.2) is 18.7 Å². The van der Waals surface area contributed by atoms with Crippen LogP contribution in [0.1, 0.15) is 72.1 Å². The van der Waals surface area contributed by atoms with Gasteiger partial charge in [0.2, 0.25) is 16.7 Å². The van der Waals surface area contributed by atoms with Crippen LogP contribution >= 0.6 is 0 Å². The van der Waals surface area contributed by atoms with Crippen LogP contribution in [0, 0.1) is 5.92 Å². The molecule has 0 aliphatic rings. The lowest BCUT2D eigenvalue weighted by atomic mass is 10.0. The number of aromatic nitrogens is 2. The zero-order chi connectivity index (χ0) is 19.1. The van der Waals surface area contributed by atoms with Gasteiger partial charge in [-0.15, -0.1) is 0 Å². The number of nitrogens with zero attached hydrogens (tertiary/aromatic N) is 2. The van der Waals surface area contributed by atoms with Crippen LogP contribution in [0.25, 0.3) is 0 Å². The Bertz CT molecular complexity index is 529. The molecule has 0 N–H and O–H groups in total. The van der Waals surface area contributed by atoms with Crippen molar-refractivity contribution in [2.24, 2.45) is 13.0 Å². The highest BCUT2D eigenvalue weighted by atomic mass is 32.3. The van der Waals surface area contributed by atoms with E-state index in [2.05, 4.69) is 52.9 Å². The van der Waals surface area contributed by atoms with E-state index in [1.165, 1.54) is 32.2 Å². The van der Waals surface area contributed by atoms with Gasteiger partial charge in [-0.1, -0.05) is 52.9 Å². The first-order valence-electron chi connectivity index (χ1n) is 9.43. The molecule has 0 fully saturated rings. The molecule has 1 unspecified atom stereocenters. The maximum absolute atomic E-state index is 10.1. The van der Waals surface area contributed by atoms with E-state index in [-0.39, 0.29) is 12.5 Å². The Morgan fingerprint density at radius 3 is 2.28 bits per heavy atom. The summed E-state index contributed by atoms with van der Waals surface area (Å²) in [6.45, 7) is 7.47. The van der Waals surface area contributed by atoms with E-state index in [0.717, 1.165) is 25.7 Å². The molecule has 6 nitrogen and oxygen atoms in total. The molecule has 0 bridgehead atoms. The molecule has 1 heterocycles. The Balaban J connectivity index is 0.000000462. The first-order valence-corrected chi connectivity index (χ1v) is 10.8. The normalized spacial score (nSPS) is 12.5. The summed E-state index contributed by atoms with van der Waals surface area (Å²) in [5.41, 5.74) is 0. The van der Waals surface area contributed by atoms with Crippen molar-refractivity contribution >= 4 is 10.4 Å². The smallest absolute Gasteiger partial charge is 0.243 e. The summed E-state index contributed by atoms with van der Waals surface area (Å²) >= 11 is 0. The zero-order valence-electron chi connectivity index (χ0n) is 16.3. The van der Waals surface area contributed by atoms with E-state index in [0.29, 0.717) is 0 Å². The van der Waals surface area contributed by atoms with E-state index in [4.69, 9.17) is 0 Å². The highest BCUT2D eigenvalue weighted by Gasteiger charge is 2.07. The molecule has 0 aromatic carbocycles. The van der Waals surface area contributed by atoms with Gasteiger partial charge in [-0.05, 0) is 25.2 Å². The molecule has 25 heavy (non-hydrogen) atoms. The lowest BCUT2D eigenvalue weighted by Gasteiger charge is -2.15. The molecule has 1 atom stereocenters. The van der Waals surface area contributed by atoms with Gasteiger partial charge in [-0.2, -0.15) is 0 Å². The van der Waals surface area contributed by atoms with E-state index < -0.39 is 10.4 Å². The van der Waals surface area contributed by atoms with Gasteiger partial charge in [0.05, 0.1) is 20.2 Å². The maximum atomic E-state index is 10.1. The van der Waals surface area contributed by atoms with Crippen molar-refractivity contribution in [3.8, 4) is 0 Å². The minimum atomic E-state index is -4.50. The number of hydrogen-bond acceptors (Lipinski definition) is 4. The Labute approximate surface area is 154 Å². The van der Waals surface area contributed by atoms with Crippen molar-refractivity contribution in [3.05, 3.63) is 18.7 Å².